The molecule has 0 unspecified atom stereocenters. The Morgan fingerprint density at radius 1 is 1.47 bits per heavy atom. The molecule has 0 saturated heterocycles. The molecular formula is C11H18N4OS. The van der Waals surface area contributed by atoms with Crippen molar-refractivity contribution in [2.75, 3.05) is 17.6 Å². The predicted molar refractivity (Wildman–Crippen MR) is 70.1 cm³/mol. The summed E-state index contributed by atoms with van der Waals surface area (Å²) in [6, 6.07) is 1.85. The van der Waals surface area contributed by atoms with Gasteiger partial charge in [-0.05, 0) is 6.42 Å². The highest BCUT2D eigenvalue weighted by Crippen LogP contribution is 2.18. The first kappa shape index (κ1) is 13.8. The van der Waals surface area contributed by atoms with Crippen molar-refractivity contribution >= 4 is 23.5 Å². The zero-order valence-corrected chi connectivity index (χ0v) is 11.0. The summed E-state index contributed by atoms with van der Waals surface area (Å²) >= 11 is 1.34. The van der Waals surface area contributed by atoms with Crippen LogP contribution in [0, 0.1) is 0 Å². The van der Waals surface area contributed by atoms with Crippen LogP contribution in [0.3, 0.4) is 0 Å². The fourth-order valence-electron chi connectivity index (χ4n) is 1.19. The first-order chi connectivity index (χ1) is 8.15. The molecule has 0 aromatic carbocycles. The van der Waals surface area contributed by atoms with Gasteiger partial charge >= 0.3 is 0 Å². The Labute approximate surface area is 106 Å². The summed E-state index contributed by atoms with van der Waals surface area (Å²) in [5.74, 6) is 1.49. The Morgan fingerprint density at radius 2 is 2.24 bits per heavy atom. The van der Waals surface area contributed by atoms with Crippen LogP contribution >= 0.6 is 11.8 Å². The molecule has 1 rings (SSSR count). The van der Waals surface area contributed by atoms with Gasteiger partial charge in [0.1, 0.15) is 16.7 Å². The van der Waals surface area contributed by atoms with Gasteiger partial charge in [0.2, 0.25) is 5.91 Å². The molecule has 0 aliphatic rings. The minimum absolute atomic E-state index is 0.243. The van der Waals surface area contributed by atoms with Gasteiger partial charge in [0.25, 0.3) is 0 Å². The molecule has 1 aromatic heterocycles. The van der Waals surface area contributed by atoms with Crippen LogP contribution < -0.4 is 11.1 Å². The highest BCUT2D eigenvalue weighted by Gasteiger charge is 2.05. The maximum Gasteiger partial charge on any atom is 0.227 e. The predicted octanol–water partition coefficient (Wildman–Crippen LogP) is 1.44. The second-order valence-corrected chi connectivity index (χ2v) is 4.54. The lowest BCUT2D eigenvalue weighted by atomic mass is 10.4. The number of rotatable bonds is 7. The second kappa shape index (κ2) is 7.11. The minimum Gasteiger partial charge on any atom is -0.370 e. The van der Waals surface area contributed by atoms with Crippen LogP contribution in [0.5, 0.6) is 0 Å². The van der Waals surface area contributed by atoms with Crippen LogP contribution in [0.2, 0.25) is 0 Å². The first-order valence-corrected chi connectivity index (χ1v) is 6.67. The van der Waals surface area contributed by atoms with Crippen molar-refractivity contribution in [3.05, 3.63) is 11.9 Å². The number of primary amides is 1. The zero-order valence-electron chi connectivity index (χ0n) is 10.2. The van der Waals surface area contributed by atoms with Gasteiger partial charge in [-0.3, -0.25) is 4.79 Å². The number of nitrogens with one attached hydrogen (secondary N) is 1. The van der Waals surface area contributed by atoms with Gasteiger partial charge in [0, 0.05) is 19.0 Å². The van der Waals surface area contributed by atoms with Crippen molar-refractivity contribution in [3.8, 4) is 0 Å². The summed E-state index contributed by atoms with van der Waals surface area (Å²) in [6.07, 6.45) is 1.81. The number of hydrogen-bond donors (Lipinski definition) is 2. The third kappa shape index (κ3) is 5.04. The van der Waals surface area contributed by atoms with E-state index < -0.39 is 0 Å². The standard InChI is InChI=1S/C11H18N4OS/c1-3-5-13-10-6-11(17-7-8(12)16)15-9(4-2)14-10/h6H,3-5,7H2,1-2H3,(H2,12,16)(H,13,14,15). The third-order valence-corrected chi connectivity index (χ3v) is 2.92. The molecule has 0 saturated carbocycles. The highest BCUT2D eigenvalue weighted by atomic mass is 32.2. The molecule has 94 valence electrons. The molecule has 0 fully saturated rings. The molecule has 3 N–H and O–H groups in total. The summed E-state index contributed by atoms with van der Waals surface area (Å²) < 4.78 is 0. The highest BCUT2D eigenvalue weighted by molar-refractivity contribution is 7.99. The third-order valence-electron chi connectivity index (χ3n) is 1.98. The van der Waals surface area contributed by atoms with Gasteiger partial charge in [-0.15, -0.1) is 0 Å². The van der Waals surface area contributed by atoms with E-state index in [1.807, 2.05) is 13.0 Å². The Bertz CT molecular complexity index is 384. The van der Waals surface area contributed by atoms with E-state index in [4.69, 9.17) is 5.73 Å². The molecule has 1 heterocycles. The van der Waals surface area contributed by atoms with Gasteiger partial charge < -0.3 is 11.1 Å². The normalized spacial score (nSPS) is 10.2. The average molecular weight is 254 g/mol. The van der Waals surface area contributed by atoms with E-state index in [1.165, 1.54) is 11.8 Å². The van der Waals surface area contributed by atoms with Gasteiger partial charge in [-0.1, -0.05) is 25.6 Å². The molecular weight excluding hydrogens is 236 g/mol. The lowest BCUT2D eigenvalue weighted by Gasteiger charge is -2.07. The van der Waals surface area contributed by atoms with E-state index >= 15 is 0 Å². The molecule has 6 heteroatoms. The van der Waals surface area contributed by atoms with Crippen molar-refractivity contribution in [1.82, 2.24) is 9.97 Å². The number of aromatic nitrogens is 2. The molecule has 0 bridgehead atoms. The Kier molecular flexibility index (Phi) is 5.76. The molecule has 17 heavy (non-hydrogen) atoms. The van der Waals surface area contributed by atoms with Crippen LogP contribution in [-0.4, -0.2) is 28.2 Å². The second-order valence-electron chi connectivity index (χ2n) is 3.54. The van der Waals surface area contributed by atoms with Gasteiger partial charge in [-0.2, -0.15) is 0 Å². The SMILES string of the molecule is CCCNc1cc(SCC(N)=O)nc(CC)n1. The van der Waals surface area contributed by atoms with E-state index in [0.29, 0.717) is 0 Å². The summed E-state index contributed by atoms with van der Waals surface area (Å²) in [5.41, 5.74) is 5.11. The lowest BCUT2D eigenvalue weighted by Crippen LogP contribution is -2.13. The molecule has 0 radical (unpaired) electrons. The maximum absolute atomic E-state index is 10.7. The van der Waals surface area contributed by atoms with E-state index in [9.17, 15) is 4.79 Å². The molecule has 5 nitrogen and oxygen atoms in total. The van der Waals surface area contributed by atoms with Gasteiger partial charge in [-0.25, -0.2) is 9.97 Å². The quantitative estimate of drug-likeness (QED) is 0.568. The summed E-state index contributed by atoms with van der Waals surface area (Å²) in [6.45, 7) is 4.97. The van der Waals surface area contributed by atoms with Crippen molar-refractivity contribution in [1.29, 1.82) is 0 Å². The summed E-state index contributed by atoms with van der Waals surface area (Å²) in [4.78, 5) is 19.4. The number of amides is 1. The fourth-order valence-corrected chi connectivity index (χ4v) is 1.85. The Morgan fingerprint density at radius 3 is 2.82 bits per heavy atom. The maximum atomic E-state index is 10.7. The van der Waals surface area contributed by atoms with Crippen molar-refractivity contribution in [2.24, 2.45) is 5.73 Å². The molecule has 1 amide bonds. The minimum atomic E-state index is -0.338. The number of carbonyl (C=O) groups excluding carboxylic acids is 1. The number of carbonyl (C=O) groups is 1. The fraction of sp³-hybridized carbons (Fsp3) is 0.545. The molecule has 0 aliphatic carbocycles. The molecule has 0 atom stereocenters. The average Bonchev–Trinajstić information content (AvgIpc) is 2.33. The smallest absolute Gasteiger partial charge is 0.227 e. The van der Waals surface area contributed by atoms with Crippen LogP contribution in [0.1, 0.15) is 26.1 Å². The van der Waals surface area contributed by atoms with Crippen LogP contribution in [0.15, 0.2) is 11.1 Å². The summed E-state index contributed by atoms with van der Waals surface area (Å²) in [5, 5.41) is 4.00. The largest absolute Gasteiger partial charge is 0.370 e. The number of aryl methyl sites for hydroxylation is 1. The number of anilines is 1. The van der Waals surface area contributed by atoms with Crippen molar-refractivity contribution < 1.29 is 4.79 Å². The summed E-state index contributed by atoms with van der Waals surface area (Å²) in [7, 11) is 0. The zero-order chi connectivity index (χ0) is 12.7. The molecule has 1 aromatic rings. The topological polar surface area (TPSA) is 80.9 Å². The van der Waals surface area contributed by atoms with Crippen LogP contribution in [-0.2, 0) is 11.2 Å². The Balaban J connectivity index is 2.77. The van der Waals surface area contributed by atoms with E-state index in [1.54, 1.807) is 0 Å². The van der Waals surface area contributed by atoms with E-state index in [-0.39, 0.29) is 11.7 Å². The van der Waals surface area contributed by atoms with Crippen molar-refractivity contribution in [2.45, 2.75) is 31.7 Å². The number of nitrogens with two attached hydrogens (primary N) is 1. The Hall–Kier alpha value is -1.30. The van der Waals surface area contributed by atoms with Crippen LogP contribution in [0.4, 0.5) is 5.82 Å². The van der Waals surface area contributed by atoms with Gasteiger partial charge in [0.15, 0.2) is 0 Å². The number of nitrogens with zero attached hydrogens (tertiary/aromatic N) is 2. The monoisotopic (exact) mass is 254 g/mol. The first-order valence-electron chi connectivity index (χ1n) is 5.68. The van der Waals surface area contributed by atoms with Crippen LogP contribution in [0.25, 0.3) is 0 Å². The molecule has 0 aliphatic heterocycles. The van der Waals surface area contributed by atoms with Gasteiger partial charge in [0.05, 0.1) is 5.75 Å². The number of thioether (sulfide) groups is 1. The molecule has 0 spiro atoms. The van der Waals surface area contributed by atoms with E-state index in [2.05, 4.69) is 22.2 Å². The number of hydrogen-bond acceptors (Lipinski definition) is 5. The lowest BCUT2D eigenvalue weighted by molar-refractivity contribution is -0.115. The van der Waals surface area contributed by atoms with Crippen molar-refractivity contribution in [3.63, 3.8) is 0 Å². The van der Waals surface area contributed by atoms with E-state index in [0.717, 1.165) is 36.1 Å².